The third kappa shape index (κ3) is 7.90. The highest BCUT2D eigenvalue weighted by Gasteiger charge is 2.30. The maximum atomic E-state index is 12.8. The van der Waals surface area contributed by atoms with Gasteiger partial charge in [0.05, 0.1) is 5.56 Å². The van der Waals surface area contributed by atoms with E-state index >= 15 is 0 Å². The highest BCUT2D eigenvalue weighted by Crippen LogP contribution is 2.30. The fourth-order valence-electron chi connectivity index (χ4n) is 3.52. The van der Waals surface area contributed by atoms with Gasteiger partial charge in [0.15, 0.2) is 0 Å². The summed E-state index contributed by atoms with van der Waals surface area (Å²) in [6, 6.07) is 4.19. The number of anilines is 1. The lowest BCUT2D eigenvalue weighted by Gasteiger charge is -2.19. The van der Waals surface area contributed by atoms with Crippen LogP contribution in [0.5, 0.6) is 0 Å². The molecule has 1 saturated carbocycles. The van der Waals surface area contributed by atoms with Gasteiger partial charge in [-0.15, -0.1) is 0 Å². The fourth-order valence-corrected chi connectivity index (χ4v) is 3.52. The van der Waals surface area contributed by atoms with Crippen LogP contribution in [0.4, 0.5) is 18.9 Å². The summed E-state index contributed by atoms with van der Waals surface area (Å²) in [5.74, 6) is -1.74. The molecule has 0 bridgehead atoms. The Kier molecular flexibility index (Phi) is 8.80. The number of nitrogens with one attached hydrogen (secondary N) is 2. The average molecular weight is 398 g/mol. The van der Waals surface area contributed by atoms with E-state index in [1.165, 1.54) is 44.2 Å². The third-order valence-corrected chi connectivity index (χ3v) is 5.09. The highest BCUT2D eigenvalue weighted by atomic mass is 19.4. The summed E-state index contributed by atoms with van der Waals surface area (Å²) >= 11 is 0. The topological polar surface area (TPSA) is 58.2 Å². The first-order chi connectivity index (χ1) is 13.4. The van der Waals surface area contributed by atoms with Crippen molar-refractivity contribution in [3.8, 4) is 0 Å². The molecule has 2 rings (SSSR count). The summed E-state index contributed by atoms with van der Waals surface area (Å²) in [5, 5.41) is 5.02. The van der Waals surface area contributed by atoms with E-state index in [1.807, 2.05) is 0 Å². The number of rotatable bonds is 2. The first-order valence-corrected chi connectivity index (χ1v) is 10.2. The summed E-state index contributed by atoms with van der Waals surface area (Å²) in [6.45, 7) is 0. The first kappa shape index (κ1) is 22.2. The standard InChI is InChI=1S/C21H29F3N2O2/c22-21(23,24)16-11-10-14-18(15-16)26-20(28)19(27)25-17-12-8-6-4-2-1-3-5-7-9-13-17/h10-11,14-15,17H,1-9,12-13H2,(H,25,27)(H,26,28). The van der Waals surface area contributed by atoms with Gasteiger partial charge >= 0.3 is 18.0 Å². The Morgan fingerprint density at radius 3 is 1.89 bits per heavy atom. The van der Waals surface area contributed by atoms with Crippen LogP contribution >= 0.6 is 0 Å². The van der Waals surface area contributed by atoms with Gasteiger partial charge in [0.2, 0.25) is 0 Å². The van der Waals surface area contributed by atoms with Gasteiger partial charge in [-0.1, -0.05) is 63.9 Å². The van der Waals surface area contributed by atoms with Crippen LogP contribution in [0, 0.1) is 0 Å². The molecule has 4 nitrogen and oxygen atoms in total. The van der Waals surface area contributed by atoms with Crippen LogP contribution in [0.3, 0.4) is 0 Å². The van der Waals surface area contributed by atoms with Crippen molar-refractivity contribution in [1.82, 2.24) is 5.32 Å². The van der Waals surface area contributed by atoms with Crippen LogP contribution in [0.15, 0.2) is 24.3 Å². The Balaban J connectivity index is 1.89. The fraction of sp³-hybridized carbons (Fsp3) is 0.619. The van der Waals surface area contributed by atoms with Gasteiger partial charge in [0, 0.05) is 11.7 Å². The molecule has 1 aliphatic rings. The van der Waals surface area contributed by atoms with E-state index in [4.69, 9.17) is 0 Å². The number of alkyl halides is 3. The smallest absolute Gasteiger partial charge is 0.345 e. The molecule has 0 saturated heterocycles. The molecule has 0 aromatic heterocycles. The molecule has 1 aromatic carbocycles. The lowest BCUT2D eigenvalue weighted by molar-refractivity contribution is -0.137. The predicted octanol–water partition coefficient (Wildman–Crippen LogP) is 5.43. The second-order valence-electron chi connectivity index (χ2n) is 7.46. The Labute approximate surface area is 164 Å². The minimum absolute atomic E-state index is 0.0475. The number of amides is 2. The van der Waals surface area contributed by atoms with Gasteiger partial charge in [-0.3, -0.25) is 9.59 Å². The molecular weight excluding hydrogens is 369 g/mol. The van der Waals surface area contributed by atoms with Crippen molar-refractivity contribution in [2.45, 2.75) is 82.8 Å². The molecule has 1 aliphatic carbocycles. The zero-order valence-corrected chi connectivity index (χ0v) is 16.1. The van der Waals surface area contributed by atoms with E-state index in [-0.39, 0.29) is 11.7 Å². The van der Waals surface area contributed by atoms with Crippen molar-refractivity contribution < 1.29 is 22.8 Å². The summed E-state index contributed by atoms with van der Waals surface area (Å²) in [4.78, 5) is 24.3. The number of carbonyl (C=O) groups is 2. The van der Waals surface area contributed by atoms with Crippen LogP contribution in [0.2, 0.25) is 0 Å². The Hall–Kier alpha value is -2.05. The molecule has 2 N–H and O–H groups in total. The number of halogens is 3. The van der Waals surface area contributed by atoms with E-state index in [0.29, 0.717) is 0 Å². The zero-order valence-electron chi connectivity index (χ0n) is 16.1. The summed E-state index contributed by atoms with van der Waals surface area (Å²) < 4.78 is 38.3. The van der Waals surface area contributed by atoms with E-state index in [0.717, 1.165) is 50.7 Å². The Morgan fingerprint density at radius 2 is 1.36 bits per heavy atom. The molecule has 0 radical (unpaired) electrons. The normalized spacial score (nSPS) is 17.8. The molecule has 7 heteroatoms. The molecule has 0 spiro atoms. The SMILES string of the molecule is O=C(Nc1cccc(C(F)(F)F)c1)C(=O)NC1CCCCCCCCCCC1. The Morgan fingerprint density at radius 1 is 0.821 bits per heavy atom. The van der Waals surface area contributed by atoms with Crippen LogP contribution in [-0.4, -0.2) is 17.9 Å². The first-order valence-electron chi connectivity index (χ1n) is 10.2. The van der Waals surface area contributed by atoms with Gasteiger partial charge in [-0.25, -0.2) is 0 Å². The van der Waals surface area contributed by atoms with Gasteiger partial charge in [-0.2, -0.15) is 13.2 Å². The van der Waals surface area contributed by atoms with E-state index in [1.54, 1.807) is 0 Å². The summed E-state index contributed by atoms with van der Waals surface area (Å²) in [6.07, 6.45) is 7.53. The molecule has 1 aromatic rings. The summed E-state index contributed by atoms with van der Waals surface area (Å²) in [7, 11) is 0. The Bertz CT molecular complexity index is 635. The molecule has 0 heterocycles. The van der Waals surface area contributed by atoms with Crippen LogP contribution < -0.4 is 10.6 Å². The van der Waals surface area contributed by atoms with Crippen molar-refractivity contribution in [2.24, 2.45) is 0 Å². The van der Waals surface area contributed by atoms with Crippen LogP contribution in [0.25, 0.3) is 0 Å². The molecule has 0 aliphatic heterocycles. The second-order valence-corrected chi connectivity index (χ2v) is 7.46. The third-order valence-electron chi connectivity index (χ3n) is 5.09. The van der Waals surface area contributed by atoms with Gasteiger partial charge in [-0.05, 0) is 31.0 Å². The molecule has 28 heavy (non-hydrogen) atoms. The van der Waals surface area contributed by atoms with Crippen molar-refractivity contribution in [2.75, 3.05) is 5.32 Å². The highest BCUT2D eigenvalue weighted by molar-refractivity contribution is 6.39. The van der Waals surface area contributed by atoms with E-state index < -0.39 is 23.6 Å². The van der Waals surface area contributed by atoms with Crippen molar-refractivity contribution in [1.29, 1.82) is 0 Å². The maximum Gasteiger partial charge on any atom is 0.416 e. The van der Waals surface area contributed by atoms with Gasteiger partial charge < -0.3 is 10.6 Å². The number of carbonyl (C=O) groups excluding carboxylic acids is 2. The lowest BCUT2D eigenvalue weighted by atomic mass is 9.98. The van der Waals surface area contributed by atoms with E-state index in [2.05, 4.69) is 10.6 Å². The number of benzene rings is 1. The second kappa shape index (κ2) is 11.1. The number of hydrogen-bond donors (Lipinski definition) is 2. The zero-order chi connectivity index (χ0) is 20.4. The van der Waals surface area contributed by atoms with Gasteiger partial charge in [0.1, 0.15) is 0 Å². The van der Waals surface area contributed by atoms with Crippen LogP contribution in [-0.2, 0) is 15.8 Å². The minimum Gasteiger partial charge on any atom is -0.345 e. The van der Waals surface area contributed by atoms with Crippen LogP contribution in [0.1, 0.15) is 76.2 Å². The van der Waals surface area contributed by atoms with Gasteiger partial charge in [0.25, 0.3) is 0 Å². The van der Waals surface area contributed by atoms with E-state index in [9.17, 15) is 22.8 Å². The molecule has 0 unspecified atom stereocenters. The monoisotopic (exact) mass is 398 g/mol. The number of hydrogen-bond acceptors (Lipinski definition) is 2. The van der Waals surface area contributed by atoms with Crippen molar-refractivity contribution >= 4 is 17.5 Å². The van der Waals surface area contributed by atoms with Crippen molar-refractivity contribution in [3.63, 3.8) is 0 Å². The lowest BCUT2D eigenvalue weighted by Crippen LogP contribution is -2.42. The minimum atomic E-state index is -4.50. The maximum absolute atomic E-state index is 12.8. The quantitative estimate of drug-likeness (QED) is 0.653. The molecule has 1 fully saturated rings. The van der Waals surface area contributed by atoms with Crippen molar-refractivity contribution in [3.05, 3.63) is 29.8 Å². The largest absolute Gasteiger partial charge is 0.416 e. The molecule has 2 amide bonds. The molecule has 0 atom stereocenters. The molecular formula is C21H29F3N2O2. The summed E-state index contributed by atoms with van der Waals surface area (Å²) in [5.41, 5.74) is -0.918. The molecule has 156 valence electrons. The predicted molar refractivity (Wildman–Crippen MR) is 103 cm³/mol. The average Bonchev–Trinajstić information content (AvgIpc) is 2.63.